The van der Waals surface area contributed by atoms with Gasteiger partial charge in [0.25, 0.3) is 0 Å². The average molecular weight is 345 g/mol. The molecule has 0 spiro atoms. The van der Waals surface area contributed by atoms with Crippen LogP contribution in [0.2, 0.25) is 5.02 Å². The monoisotopic (exact) mass is 344 g/mol. The number of nitrogens with zero attached hydrogens (tertiary/aromatic N) is 2. The number of fused-ring (bicyclic) bond motifs is 1. The van der Waals surface area contributed by atoms with Crippen molar-refractivity contribution in [3.8, 4) is 5.75 Å². The van der Waals surface area contributed by atoms with Gasteiger partial charge in [-0.15, -0.1) is 0 Å². The zero-order chi connectivity index (χ0) is 17.1. The summed E-state index contributed by atoms with van der Waals surface area (Å²) in [4.78, 5) is 4.46. The molecule has 0 unspecified atom stereocenters. The van der Waals surface area contributed by atoms with Crippen molar-refractivity contribution in [1.29, 1.82) is 0 Å². The lowest BCUT2D eigenvalue weighted by molar-refractivity contribution is 0.261. The van der Waals surface area contributed by atoms with Crippen molar-refractivity contribution in [3.63, 3.8) is 0 Å². The van der Waals surface area contributed by atoms with Gasteiger partial charge in [-0.2, -0.15) is 0 Å². The molecule has 0 saturated carbocycles. The molecule has 4 nitrogen and oxygen atoms in total. The Bertz CT molecular complexity index is 835. The van der Waals surface area contributed by atoms with E-state index >= 15 is 0 Å². The molecule has 0 bridgehead atoms. The highest BCUT2D eigenvalue weighted by Crippen LogP contribution is 2.26. The van der Waals surface area contributed by atoms with E-state index in [-0.39, 0.29) is 6.61 Å². The number of benzene rings is 2. The summed E-state index contributed by atoms with van der Waals surface area (Å²) in [6, 6.07) is 11.8. The van der Waals surface area contributed by atoms with Crippen LogP contribution >= 0.6 is 11.6 Å². The minimum absolute atomic E-state index is 0.0644. The van der Waals surface area contributed by atoms with Crippen molar-refractivity contribution in [2.75, 3.05) is 6.61 Å². The second-order valence-electron chi connectivity index (χ2n) is 5.90. The lowest BCUT2D eigenvalue weighted by Crippen LogP contribution is -2.08. The molecule has 2 aromatic carbocycles. The average Bonchev–Trinajstić information content (AvgIpc) is 2.94. The number of aliphatic hydroxyl groups excluding tert-OH is 1. The van der Waals surface area contributed by atoms with Crippen LogP contribution < -0.4 is 4.74 Å². The number of rotatable bonds is 6. The van der Waals surface area contributed by atoms with Crippen molar-refractivity contribution < 1.29 is 9.84 Å². The second kappa shape index (κ2) is 7.24. The van der Waals surface area contributed by atoms with E-state index in [1.807, 2.05) is 50.2 Å². The van der Waals surface area contributed by atoms with E-state index in [0.29, 0.717) is 12.4 Å². The Morgan fingerprint density at radius 1 is 1.17 bits per heavy atom. The predicted octanol–water partition coefficient (Wildman–Crippen LogP) is 4.27. The Morgan fingerprint density at radius 3 is 2.58 bits per heavy atom. The maximum Gasteiger partial charge on any atom is 0.135 e. The SMILES string of the molecule is Cc1cc(OCCCn2c(CO)nc3ccccc32)cc(C)c1Cl. The van der Waals surface area contributed by atoms with E-state index in [4.69, 9.17) is 16.3 Å². The lowest BCUT2D eigenvalue weighted by atomic mass is 10.1. The number of halogens is 1. The molecule has 126 valence electrons. The molecule has 0 amide bonds. The number of hydrogen-bond acceptors (Lipinski definition) is 3. The van der Waals surface area contributed by atoms with Crippen LogP contribution in [0, 0.1) is 13.8 Å². The van der Waals surface area contributed by atoms with Gasteiger partial charge in [0.05, 0.1) is 17.6 Å². The van der Waals surface area contributed by atoms with Gasteiger partial charge in [0.15, 0.2) is 0 Å². The highest BCUT2D eigenvalue weighted by molar-refractivity contribution is 6.32. The van der Waals surface area contributed by atoms with E-state index in [1.165, 1.54) is 0 Å². The smallest absolute Gasteiger partial charge is 0.135 e. The first-order valence-electron chi connectivity index (χ1n) is 8.04. The fourth-order valence-electron chi connectivity index (χ4n) is 2.90. The third kappa shape index (κ3) is 3.40. The van der Waals surface area contributed by atoms with Crippen LogP contribution in [0.25, 0.3) is 11.0 Å². The van der Waals surface area contributed by atoms with E-state index in [1.54, 1.807) is 0 Å². The summed E-state index contributed by atoms with van der Waals surface area (Å²) in [6.07, 6.45) is 0.827. The molecule has 0 fully saturated rings. The van der Waals surface area contributed by atoms with Gasteiger partial charge in [0.1, 0.15) is 18.2 Å². The maximum absolute atomic E-state index is 9.51. The summed E-state index contributed by atoms with van der Waals surface area (Å²) >= 11 is 6.18. The van der Waals surface area contributed by atoms with Crippen LogP contribution in [-0.4, -0.2) is 21.3 Å². The normalized spacial score (nSPS) is 11.2. The first kappa shape index (κ1) is 16.8. The van der Waals surface area contributed by atoms with E-state index < -0.39 is 0 Å². The van der Waals surface area contributed by atoms with Gasteiger partial charge in [0.2, 0.25) is 0 Å². The number of aryl methyl sites for hydroxylation is 3. The van der Waals surface area contributed by atoms with Gasteiger partial charge in [-0.1, -0.05) is 23.7 Å². The molecule has 0 aliphatic rings. The fraction of sp³-hybridized carbons (Fsp3) is 0.316. The van der Waals surface area contributed by atoms with Gasteiger partial charge in [-0.05, 0) is 55.7 Å². The Kier molecular flexibility index (Phi) is 5.07. The molecule has 5 heteroatoms. The summed E-state index contributed by atoms with van der Waals surface area (Å²) in [5.74, 6) is 1.53. The quantitative estimate of drug-likeness (QED) is 0.679. The van der Waals surface area contributed by atoms with Gasteiger partial charge < -0.3 is 14.4 Å². The summed E-state index contributed by atoms with van der Waals surface area (Å²) in [6.45, 7) is 5.24. The minimum atomic E-state index is -0.0644. The molecule has 1 N–H and O–H groups in total. The number of hydrogen-bond donors (Lipinski definition) is 1. The zero-order valence-corrected chi connectivity index (χ0v) is 14.7. The van der Waals surface area contributed by atoms with Gasteiger partial charge in [-0.25, -0.2) is 4.98 Å². The number of aromatic nitrogens is 2. The number of ether oxygens (including phenoxy) is 1. The van der Waals surface area contributed by atoms with Crippen molar-refractivity contribution in [3.05, 3.63) is 58.4 Å². The van der Waals surface area contributed by atoms with Crippen LogP contribution in [-0.2, 0) is 13.2 Å². The Labute approximate surface area is 146 Å². The van der Waals surface area contributed by atoms with Crippen LogP contribution in [0.4, 0.5) is 0 Å². The van der Waals surface area contributed by atoms with Crippen LogP contribution in [0.15, 0.2) is 36.4 Å². The molecule has 0 saturated heterocycles. The van der Waals surface area contributed by atoms with E-state index in [9.17, 15) is 5.11 Å². The minimum Gasteiger partial charge on any atom is -0.494 e. The van der Waals surface area contributed by atoms with E-state index in [2.05, 4.69) is 9.55 Å². The van der Waals surface area contributed by atoms with Crippen molar-refractivity contribution in [2.24, 2.45) is 0 Å². The lowest BCUT2D eigenvalue weighted by Gasteiger charge is -2.11. The summed E-state index contributed by atoms with van der Waals surface area (Å²) < 4.78 is 7.90. The summed E-state index contributed by atoms with van der Waals surface area (Å²) in [5, 5.41) is 10.3. The van der Waals surface area contributed by atoms with Gasteiger partial charge in [-0.3, -0.25) is 0 Å². The molecular weight excluding hydrogens is 324 g/mol. The second-order valence-corrected chi connectivity index (χ2v) is 6.28. The molecule has 3 aromatic rings. The third-order valence-electron chi connectivity index (χ3n) is 4.08. The molecule has 0 radical (unpaired) electrons. The zero-order valence-electron chi connectivity index (χ0n) is 13.9. The largest absolute Gasteiger partial charge is 0.494 e. The molecule has 0 aliphatic heterocycles. The molecule has 1 heterocycles. The standard InChI is InChI=1S/C19H21ClN2O2/c1-13-10-15(11-14(2)19(13)20)24-9-5-8-22-17-7-4-3-6-16(17)21-18(22)12-23/h3-4,6-7,10-11,23H,5,8-9,12H2,1-2H3. The highest BCUT2D eigenvalue weighted by Gasteiger charge is 2.09. The van der Waals surface area contributed by atoms with Crippen molar-refractivity contribution in [1.82, 2.24) is 9.55 Å². The third-order valence-corrected chi connectivity index (χ3v) is 4.68. The summed E-state index contributed by atoms with van der Waals surface area (Å²) in [7, 11) is 0. The Hall–Kier alpha value is -2.04. The topological polar surface area (TPSA) is 47.3 Å². The summed E-state index contributed by atoms with van der Waals surface area (Å²) in [5.41, 5.74) is 4.00. The van der Waals surface area contributed by atoms with Crippen molar-refractivity contribution >= 4 is 22.6 Å². The first-order chi connectivity index (χ1) is 11.6. The molecule has 3 rings (SSSR count). The first-order valence-corrected chi connectivity index (χ1v) is 8.42. The molecule has 0 aliphatic carbocycles. The van der Waals surface area contributed by atoms with Gasteiger partial charge in [0, 0.05) is 11.6 Å². The van der Waals surface area contributed by atoms with Gasteiger partial charge >= 0.3 is 0 Å². The van der Waals surface area contributed by atoms with Crippen LogP contribution in [0.5, 0.6) is 5.75 Å². The molecular formula is C19H21ClN2O2. The fourth-order valence-corrected chi connectivity index (χ4v) is 3.01. The highest BCUT2D eigenvalue weighted by atomic mass is 35.5. The Morgan fingerprint density at radius 2 is 1.88 bits per heavy atom. The molecule has 24 heavy (non-hydrogen) atoms. The maximum atomic E-state index is 9.51. The number of imidazole rings is 1. The van der Waals surface area contributed by atoms with E-state index in [0.717, 1.165) is 45.9 Å². The van der Waals surface area contributed by atoms with Crippen molar-refractivity contribution in [2.45, 2.75) is 33.4 Å². The Balaban J connectivity index is 1.65. The number of aliphatic hydroxyl groups is 1. The van der Waals surface area contributed by atoms with Crippen LogP contribution in [0.1, 0.15) is 23.4 Å². The van der Waals surface area contributed by atoms with Crippen LogP contribution in [0.3, 0.4) is 0 Å². The molecule has 1 aromatic heterocycles. The predicted molar refractivity (Wildman–Crippen MR) is 96.7 cm³/mol. The molecule has 0 atom stereocenters. The number of para-hydroxylation sites is 2.